The summed E-state index contributed by atoms with van der Waals surface area (Å²) in [7, 11) is 0. The van der Waals surface area contributed by atoms with Crippen molar-refractivity contribution in [2.45, 2.75) is 85.6 Å². The van der Waals surface area contributed by atoms with E-state index in [0.29, 0.717) is 6.42 Å². The van der Waals surface area contributed by atoms with Crippen molar-refractivity contribution in [3.63, 3.8) is 0 Å². The predicted molar refractivity (Wildman–Crippen MR) is 111 cm³/mol. The molecular formula is C24H36N2O2. The third-order valence-corrected chi connectivity index (χ3v) is 8.71. The molecule has 0 radical (unpaired) electrons. The van der Waals surface area contributed by atoms with Gasteiger partial charge in [-0.05, 0) is 63.7 Å². The van der Waals surface area contributed by atoms with Crippen LogP contribution in [0.5, 0.6) is 0 Å². The molecule has 0 spiro atoms. The van der Waals surface area contributed by atoms with Gasteiger partial charge in [-0.25, -0.2) is 0 Å². The van der Waals surface area contributed by atoms with Gasteiger partial charge in [0.2, 0.25) is 5.91 Å². The average molecular weight is 385 g/mol. The van der Waals surface area contributed by atoms with Crippen molar-refractivity contribution >= 4 is 11.7 Å². The number of carbonyl (C=O) groups excluding carboxylic acids is 2. The maximum Gasteiger partial charge on any atom is 0.224 e. The molecule has 4 rings (SSSR count). The highest BCUT2D eigenvalue weighted by atomic mass is 16.2. The van der Waals surface area contributed by atoms with Crippen LogP contribution in [0.4, 0.5) is 0 Å². The van der Waals surface area contributed by atoms with E-state index in [1.807, 2.05) is 6.08 Å². The Kier molecular flexibility index (Phi) is 4.20. The fourth-order valence-corrected chi connectivity index (χ4v) is 6.76. The zero-order chi connectivity index (χ0) is 20.5. The van der Waals surface area contributed by atoms with Crippen molar-refractivity contribution in [1.82, 2.24) is 10.2 Å². The van der Waals surface area contributed by atoms with Gasteiger partial charge in [0.1, 0.15) is 0 Å². The van der Waals surface area contributed by atoms with Crippen molar-refractivity contribution in [2.75, 3.05) is 6.54 Å². The highest BCUT2D eigenvalue weighted by molar-refractivity contribution is 5.91. The molecule has 0 unspecified atom stereocenters. The van der Waals surface area contributed by atoms with Crippen LogP contribution in [-0.4, -0.2) is 28.7 Å². The van der Waals surface area contributed by atoms with E-state index in [1.54, 1.807) is 0 Å². The Balaban J connectivity index is 1.72. The van der Waals surface area contributed by atoms with Crippen LogP contribution in [0.1, 0.15) is 80.1 Å². The number of carbonyl (C=O) groups is 2. The minimum absolute atomic E-state index is 0.0343. The molecule has 0 bridgehead atoms. The van der Waals surface area contributed by atoms with Crippen molar-refractivity contribution in [1.29, 1.82) is 0 Å². The first kappa shape index (κ1) is 19.7. The molecule has 2 heterocycles. The number of nitrogens with one attached hydrogen (secondary N) is 1. The van der Waals surface area contributed by atoms with E-state index in [2.05, 4.69) is 57.8 Å². The molecule has 2 aliphatic carbocycles. The van der Waals surface area contributed by atoms with Gasteiger partial charge < -0.3 is 10.2 Å². The molecule has 1 amide bonds. The van der Waals surface area contributed by atoms with E-state index in [-0.39, 0.29) is 39.4 Å². The van der Waals surface area contributed by atoms with Crippen molar-refractivity contribution < 1.29 is 9.59 Å². The van der Waals surface area contributed by atoms with Gasteiger partial charge in [0.05, 0.1) is 0 Å². The number of rotatable bonds is 1. The quantitative estimate of drug-likeness (QED) is 0.720. The van der Waals surface area contributed by atoms with Crippen LogP contribution < -0.4 is 5.32 Å². The molecule has 2 aliphatic heterocycles. The van der Waals surface area contributed by atoms with Crippen LogP contribution in [0.25, 0.3) is 0 Å². The highest BCUT2D eigenvalue weighted by Gasteiger charge is 2.67. The number of ketones is 1. The van der Waals surface area contributed by atoms with E-state index >= 15 is 0 Å². The van der Waals surface area contributed by atoms with Gasteiger partial charge in [-0.3, -0.25) is 9.59 Å². The van der Waals surface area contributed by atoms with Gasteiger partial charge in [-0.15, -0.1) is 0 Å². The monoisotopic (exact) mass is 384 g/mol. The third-order valence-electron chi connectivity index (χ3n) is 8.71. The number of nitrogens with zero attached hydrogens (tertiary/aromatic N) is 1. The predicted octanol–water partition coefficient (Wildman–Crippen LogP) is 4.57. The zero-order valence-electron chi connectivity index (χ0n) is 18.4. The normalized spacial score (nSPS) is 40.1. The lowest BCUT2D eigenvalue weighted by Crippen LogP contribution is -2.58. The van der Waals surface area contributed by atoms with Crippen LogP contribution in [0.2, 0.25) is 0 Å². The maximum absolute atomic E-state index is 13.2. The second kappa shape index (κ2) is 5.96. The number of hydrogen-bond acceptors (Lipinski definition) is 3. The van der Waals surface area contributed by atoms with Gasteiger partial charge >= 0.3 is 0 Å². The van der Waals surface area contributed by atoms with E-state index < -0.39 is 0 Å². The molecule has 2 fully saturated rings. The molecular weight excluding hydrogens is 348 g/mol. The summed E-state index contributed by atoms with van der Waals surface area (Å²) in [6, 6.07) is 0. The zero-order valence-corrected chi connectivity index (χ0v) is 18.4. The van der Waals surface area contributed by atoms with Crippen LogP contribution in [0, 0.1) is 22.2 Å². The van der Waals surface area contributed by atoms with Gasteiger partial charge in [-0.2, -0.15) is 0 Å². The summed E-state index contributed by atoms with van der Waals surface area (Å²) in [4.78, 5) is 27.6. The largest absolute Gasteiger partial charge is 0.351 e. The second-order valence-corrected chi connectivity index (χ2v) is 11.2. The number of fused-ring (bicyclic) bond motifs is 5. The van der Waals surface area contributed by atoms with E-state index in [0.717, 1.165) is 38.6 Å². The Morgan fingerprint density at radius 3 is 2.57 bits per heavy atom. The van der Waals surface area contributed by atoms with E-state index in [9.17, 15) is 9.59 Å². The molecule has 154 valence electrons. The summed E-state index contributed by atoms with van der Waals surface area (Å²) in [5.74, 6) is 0.549. The van der Waals surface area contributed by atoms with Gasteiger partial charge in [0.15, 0.2) is 5.78 Å². The van der Waals surface area contributed by atoms with E-state index in [1.165, 1.54) is 11.4 Å². The summed E-state index contributed by atoms with van der Waals surface area (Å²) < 4.78 is 0. The van der Waals surface area contributed by atoms with Gasteiger partial charge in [0.25, 0.3) is 0 Å². The van der Waals surface area contributed by atoms with Gasteiger partial charge in [0, 0.05) is 47.3 Å². The molecule has 1 N–H and O–H groups in total. The topological polar surface area (TPSA) is 49.4 Å². The first-order valence-electron chi connectivity index (χ1n) is 10.9. The summed E-state index contributed by atoms with van der Waals surface area (Å²) in [6.45, 7) is 14.2. The van der Waals surface area contributed by atoms with Crippen LogP contribution in [0.3, 0.4) is 0 Å². The molecule has 28 heavy (non-hydrogen) atoms. The Hall–Kier alpha value is -1.58. The Bertz CT molecular complexity index is 789. The lowest BCUT2D eigenvalue weighted by molar-refractivity contribution is -0.136. The summed E-state index contributed by atoms with van der Waals surface area (Å²) in [5, 5.41) is 3.25. The maximum atomic E-state index is 13.2. The second-order valence-electron chi connectivity index (χ2n) is 11.2. The lowest BCUT2D eigenvalue weighted by Gasteiger charge is -2.62. The molecule has 1 saturated carbocycles. The van der Waals surface area contributed by atoms with Crippen molar-refractivity contribution in [2.24, 2.45) is 22.2 Å². The highest BCUT2D eigenvalue weighted by Crippen LogP contribution is 2.72. The molecule has 0 aromatic heterocycles. The molecule has 4 atom stereocenters. The summed E-state index contributed by atoms with van der Waals surface area (Å²) in [5.41, 5.74) is 2.51. The minimum Gasteiger partial charge on any atom is -0.351 e. The molecule has 4 aliphatic rings. The molecule has 0 aromatic carbocycles. The Morgan fingerprint density at radius 1 is 1.18 bits per heavy atom. The molecule has 0 aromatic rings. The van der Waals surface area contributed by atoms with Crippen LogP contribution >= 0.6 is 0 Å². The number of piperidine rings is 1. The standard InChI is InChI=1S/C24H36N2O2/c1-21(2,3)25-20(28)18-8-13-24(6)22(18,4)12-9-19-23(24,5)11-7-16-15-17(27)10-14-26(16)19/h9,15,18H,7-8,10-14H2,1-6H3,(H,25,28)/t18-,22-,23-,24-/m1/s1. The van der Waals surface area contributed by atoms with Crippen LogP contribution in [-0.2, 0) is 9.59 Å². The first-order valence-corrected chi connectivity index (χ1v) is 10.9. The minimum atomic E-state index is -0.198. The molecule has 4 heteroatoms. The number of hydrogen-bond donors (Lipinski definition) is 1. The van der Waals surface area contributed by atoms with Crippen molar-refractivity contribution in [3.8, 4) is 0 Å². The summed E-state index contributed by atoms with van der Waals surface area (Å²) >= 11 is 0. The molecule has 1 saturated heterocycles. The fourth-order valence-electron chi connectivity index (χ4n) is 6.76. The lowest BCUT2D eigenvalue weighted by atomic mass is 9.46. The SMILES string of the molecule is CC(C)(C)NC(=O)[C@H]1CC[C@@]2(C)[C@]3(C)CCC4=CC(=O)CCN4C3=CC[C@]12C. The number of allylic oxidation sites excluding steroid dienone is 4. The number of amides is 1. The average Bonchev–Trinajstić information content (AvgIpc) is 2.86. The third kappa shape index (κ3) is 2.55. The first-order chi connectivity index (χ1) is 12.9. The van der Waals surface area contributed by atoms with Gasteiger partial charge in [-0.1, -0.05) is 26.8 Å². The summed E-state index contributed by atoms with van der Waals surface area (Å²) in [6.07, 6.45) is 9.91. The van der Waals surface area contributed by atoms with E-state index in [4.69, 9.17) is 0 Å². The van der Waals surface area contributed by atoms with Crippen LogP contribution in [0.15, 0.2) is 23.5 Å². The smallest absolute Gasteiger partial charge is 0.224 e. The van der Waals surface area contributed by atoms with Crippen molar-refractivity contribution in [3.05, 3.63) is 23.5 Å². The fraction of sp³-hybridized carbons (Fsp3) is 0.750. The Morgan fingerprint density at radius 2 is 1.89 bits per heavy atom. The Labute approximate surface area is 169 Å². The molecule has 4 nitrogen and oxygen atoms in total.